The lowest BCUT2D eigenvalue weighted by molar-refractivity contribution is 0.0553. The van der Waals surface area contributed by atoms with Crippen LogP contribution in [0.15, 0.2) is 28.8 Å². The van der Waals surface area contributed by atoms with Crippen LogP contribution in [0.2, 0.25) is 0 Å². The van der Waals surface area contributed by atoms with Gasteiger partial charge in [-0.1, -0.05) is 17.3 Å². The molecule has 1 saturated carbocycles. The fourth-order valence-electron chi connectivity index (χ4n) is 4.32. The first-order valence-electron chi connectivity index (χ1n) is 9.67. The maximum atomic E-state index is 12.9. The van der Waals surface area contributed by atoms with E-state index in [9.17, 15) is 4.79 Å². The number of carbonyl (C=O) groups is 1. The lowest BCUT2D eigenvalue weighted by atomic mass is 9.79. The first-order chi connectivity index (χ1) is 12.7. The first-order valence-corrected chi connectivity index (χ1v) is 9.67. The van der Waals surface area contributed by atoms with Crippen LogP contribution < -0.4 is 5.32 Å². The minimum absolute atomic E-state index is 0.134. The summed E-state index contributed by atoms with van der Waals surface area (Å²) >= 11 is 0. The fraction of sp³-hybridized carbons (Fsp3) is 0.550. The van der Waals surface area contributed by atoms with Gasteiger partial charge in [-0.25, -0.2) is 0 Å². The minimum atomic E-state index is 0.134. The molecule has 0 bridgehead atoms. The van der Waals surface area contributed by atoms with Crippen molar-refractivity contribution in [3.05, 3.63) is 35.7 Å². The lowest BCUT2D eigenvalue weighted by Crippen LogP contribution is -2.47. The molecule has 3 fully saturated rings. The van der Waals surface area contributed by atoms with Crippen molar-refractivity contribution in [2.24, 2.45) is 5.41 Å². The van der Waals surface area contributed by atoms with Crippen molar-refractivity contribution in [3.63, 3.8) is 0 Å². The van der Waals surface area contributed by atoms with Crippen molar-refractivity contribution in [2.45, 2.75) is 38.0 Å². The summed E-state index contributed by atoms with van der Waals surface area (Å²) in [7, 11) is 0. The van der Waals surface area contributed by atoms with Gasteiger partial charge in [0, 0.05) is 42.1 Å². The summed E-state index contributed by atoms with van der Waals surface area (Å²) in [4.78, 5) is 19.5. The van der Waals surface area contributed by atoms with Gasteiger partial charge in [0.2, 0.25) is 11.7 Å². The second-order valence-corrected chi connectivity index (χ2v) is 8.06. The summed E-state index contributed by atoms with van der Waals surface area (Å²) in [5.74, 6) is 1.94. The third kappa shape index (κ3) is 2.92. The van der Waals surface area contributed by atoms with Crippen molar-refractivity contribution < 1.29 is 9.32 Å². The van der Waals surface area contributed by atoms with Gasteiger partial charge in [-0.05, 0) is 50.8 Å². The summed E-state index contributed by atoms with van der Waals surface area (Å²) in [6.07, 6.45) is 5.78. The van der Waals surface area contributed by atoms with Gasteiger partial charge in [-0.2, -0.15) is 4.98 Å². The Kier molecular flexibility index (Phi) is 3.81. The number of hydrogen-bond acceptors (Lipinski definition) is 5. The van der Waals surface area contributed by atoms with E-state index in [1.807, 2.05) is 29.2 Å². The number of nitrogens with one attached hydrogen (secondary N) is 1. The van der Waals surface area contributed by atoms with E-state index in [0.29, 0.717) is 11.7 Å². The number of nitrogens with zero attached hydrogens (tertiary/aromatic N) is 3. The summed E-state index contributed by atoms with van der Waals surface area (Å²) in [6, 6.07) is 7.62. The van der Waals surface area contributed by atoms with Crippen LogP contribution in [0.25, 0.3) is 11.4 Å². The zero-order valence-corrected chi connectivity index (χ0v) is 14.9. The van der Waals surface area contributed by atoms with Crippen molar-refractivity contribution in [1.82, 2.24) is 20.4 Å². The highest BCUT2D eigenvalue weighted by atomic mass is 16.5. The van der Waals surface area contributed by atoms with E-state index in [2.05, 4.69) is 15.5 Å². The topological polar surface area (TPSA) is 71.3 Å². The molecular weight excluding hydrogens is 328 g/mol. The van der Waals surface area contributed by atoms with Crippen LogP contribution in [0.4, 0.5) is 0 Å². The average Bonchev–Trinajstić information content (AvgIpc) is 3.25. The summed E-state index contributed by atoms with van der Waals surface area (Å²) in [5, 5.41) is 7.53. The van der Waals surface area contributed by atoms with Crippen LogP contribution >= 0.6 is 0 Å². The molecule has 1 aromatic heterocycles. The Hall–Kier alpha value is -2.21. The quantitative estimate of drug-likeness (QED) is 0.920. The molecule has 1 unspecified atom stereocenters. The molecule has 1 N–H and O–H groups in total. The predicted molar refractivity (Wildman–Crippen MR) is 96.8 cm³/mol. The van der Waals surface area contributed by atoms with Gasteiger partial charge in [0.05, 0.1) is 0 Å². The predicted octanol–water partition coefficient (Wildman–Crippen LogP) is 2.83. The molecule has 1 aliphatic carbocycles. The standard InChI is InChI=1S/C20H24N4O2/c25-19(24-11-1-8-20(13-24)9-10-21-12-20)16-6-2-14(3-7-16)17-22-18(26-23-17)15-4-5-15/h2-3,6-7,15,21H,1,4-5,8-13H2. The van der Waals surface area contributed by atoms with Crippen LogP contribution in [0, 0.1) is 5.41 Å². The Balaban J connectivity index is 1.30. The number of benzene rings is 1. The fourth-order valence-corrected chi connectivity index (χ4v) is 4.32. The molecule has 2 saturated heterocycles. The summed E-state index contributed by atoms with van der Waals surface area (Å²) in [5.41, 5.74) is 1.92. The number of likely N-dealkylation sites (tertiary alicyclic amines) is 1. The highest BCUT2D eigenvalue weighted by Gasteiger charge is 2.39. The molecule has 136 valence electrons. The Labute approximate surface area is 153 Å². The second kappa shape index (κ2) is 6.20. The minimum Gasteiger partial charge on any atom is -0.339 e. The highest BCUT2D eigenvalue weighted by Crippen LogP contribution is 2.39. The zero-order valence-electron chi connectivity index (χ0n) is 14.9. The largest absolute Gasteiger partial charge is 0.339 e. The number of piperidine rings is 1. The first kappa shape index (κ1) is 16.0. The molecule has 1 atom stereocenters. The number of hydrogen-bond donors (Lipinski definition) is 1. The molecule has 0 radical (unpaired) electrons. The van der Waals surface area contributed by atoms with Crippen molar-refractivity contribution in [2.75, 3.05) is 26.2 Å². The zero-order chi connectivity index (χ0) is 17.6. The number of amides is 1. The van der Waals surface area contributed by atoms with Crippen molar-refractivity contribution in [1.29, 1.82) is 0 Å². The van der Waals surface area contributed by atoms with Crippen molar-refractivity contribution in [3.8, 4) is 11.4 Å². The molecule has 1 aromatic carbocycles. The molecule has 1 spiro atoms. The Morgan fingerprint density at radius 3 is 2.81 bits per heavy atom. The summed E-state index contributed by atoms with van der Waals surface area (Å²) in [6.45, 7) is 3.84. The molecule has 1 amide bonds. The van der Waals surface area contributed by atoms with Gasteiger partial charge in [0.25, 0.3) is 5.91 Å². The van der Waals surface area contributed by atoms with E-state index in [0.717, 1.165) is 62.5 Å². The van der Waals surface area contributed by atoms with Gasteiger partial charge in [0.1, 0.15) is 0 Å². The Morgan fingerprint density at radius 1 is 1.23 bits per heavy atom. The Morgan fingerprint density at radius 2 is 2.08 bits per heavy atom. The second-order valence-electron chi connectivity index (χ2n) is 8.06. The number of aromatic nitrogens is 2. The lowest BCUT2D eigenvalue weighted by Gasteiger charge is -2.40. The Bertz CT molecular complexity index is 803. The third-order valence-electron chi connectivity index (χ3n) is 6.04. The molecule has 3 aliphatic rings. The van der Waals surface area contributed by atoms with E-state index in [-0.39, 0.29) is 11.3 Å². The molecule has 2 aliphatic heterocycles. The monoisotopic (exact) mass is 352 g/mol. The molecule has 3 heterocycles. The van der Waals surface area contributed by atoms with Gasteiger partial charge < -0.3 is 14.7 Å². The SMILES string of the molecule is O=C(c1ccc(-c2noc(C3CC3)n2)cc1)N1CCCC2(CCNC2)C1. The molecule has 6 heteroatoms. The van der Waals surface area contributed by atoms with Crippen LogP contribution in [-0.2, 0) is 0 Å². The molecule has 2 aromatic rings. The molecule has 26 heavy (non-hydrogen) atoms. The molecular formula is C20H24N4O2. The van der Waals surface area contributed by atoms with E-state index in [4.69, 9.17) is 4.52 Å². The van der Waals surface area contributed by atoms with E-state index < -0.39 is 0 Å². The third-order valence-corrected chi connectivity index (χ3v) is 6.04. The normalized spacial score (nSPS) is 25.8. The molecule has 5 rings (SSSR count). The number of carbonyl (C=O) groups excluding carboxylic acids is 1. The van der Waals surface area contributed by atoms with Gasteiger partial charge in [0.15, 0.2) is 0 Å². The van der Waals surface area contributed by atoms with Gasteiger partial charge in [-0.3, -0.25) is 4.79 Å². The van der Waals surface area contributed by atoms with E-state index in [1.165, 1.54) is 12.8 Å². The number of rotatable bonds is 3. The van der Waals surface area contributed by atoms with Crippen molar-refractivity contribution >= 4 is 5.91 Å². The van der Waals surface area contributed by atoms with Crippen LogP contribution in [0.5, 0.6) is 0 Å². The smallest absolute Gasteiger partial charge is 0.253 e. The maximum absolute atomic E-state index is 12.9. The highest BCUT2D eigenvalue weighted by molar-refractivity contribution is 5.94. The maximum Gasteiger partial charge on any atom is 0.253 e. The summed E-state index contributed by atoms with van der Waals surface area (Å²) < 4.78 is 5.33. The van der Waals surface area contributed by atoms with E-state index in [1.54, 1.807) is 0 Å². The van der Waals surface area contributed by atoms with E-state index >= 15 is 0 Å². The van der Waals surface area contributed by atoms with Crippen LogP contribution in [-0.4, -0.2) is 47.1 Å². The van der Waals surface area contributed by atoms with Crippen LogP contribution in [0.1, 0.15) is 54.3 Å². The molecule has 6 nitrogen and oxygen atoms in total. The van der Waals surface area contributed by atoms with Gasteiger partial charge in [-0.15, -0.1) is 0 Å². The van der Waals surface area contributed by atoms with Gasteiger partial charge >= 0.3 is 0 Å². The average molecular weight is 352 g/mol. The van der Waals surface area contributed by atoms with Crippen LogP contribution in [0.3, 0.4) is 0 Å².